The molecule has 1 aliphatic rings. The molecule has 6 heteroatoms. The van der Waals surface area contributed by atoms with Crippen LogP contribution in [0.3, 0.4) is 0 Å². The number of ether oxygens (including phenoxy) is 1. The minimum atomic E-state index is -0.307. The molecule has 0 saturated carbocycles. The number of rotatable bonds is 4. The topological polar surface area (TPSA) is 76.4 Å². The molecule has 2 heterocycles. The molecule has 0 bridgehead atoms. The zero-order valence-electron chi connectivity index (χ0n) is 14.1. The highest BCUT2D eigenvalue weighted by Gasteiger charge is 2.34. The van der Waals surface area contributed by atoms with Crippen LogP contribution in [0.15, 0.2) is 34.7 Å². The first kappa shape index (κ1) is 16.5. The third kappa shape index (κ3) is 3.59. The number of aromatic nitrogens is 1. The Morgan fingerprint density at radius 1 is 1.21 bits per heavy atom. The molecule has 2 N–H and O–H groups in total. The SMILES string of the molecule is Cc1nc(NC(=O)NCC2(c3ccccc3)CCOCC2)oc1C. The highest BCUT2D eigenvalue weighted by atomic mass is 16.5. The molecule has 24 heavy (non-hydrogen) atoms. The molecule has 0 aliphatic carbocycles. The Morgan fingerprint density at radius 3 is 2.54 bits per heavy atom. The summed E-state index contributed by atoms with van der Waals surface area (Å²) in [5, 5.41) is 5.62. The molecular formula is C18H23N3O3. The van der Waals surface area contributed by atoms with Gasteiger partial charge in [0.05, 0.1) is 5.69 Å². The summed E-state index contributed by atoms with van der Waals surface area (Å²) in [7, 11) is 0. The molecule has 1 saturated heterocycles. The van der Waals surface area contributed by atoms with Gasteiger partial charge in [0.2, 0.25) is 0 Å². The zero-order valence-corrected chi connectivity index (χ0v) is 14.1. The van der Waals surface area contributed by atoms with Crippen molar-refractivity contribution in [3.05, 3.63) is 47.3 Å². The predicted molar refractivity (Wildman–Crippen MR) is 91.2 cm³/mol. The van der Waals surface area contributed by atoms with E-state index < -0.39 is 0 Å². The number of oxazole rings is 1. The Balaban J connectivity index is 1.66. The van der Waals surface area contributed by atoms with E-state index in [1.54, 1.807) is 0 Å². The van der Waals surface area contributed by atoms with E-state index in [0.29, 0.717) is 25.5 Å². The number of hydrogen-bond acceptors (Lipinski definition) is 4. The smallest absolute Gasteiger partial charge is 0.322 e. The van der Waals surface area contributed by atoms with Gasteiger partial charge in [0.1, 0.15) is 5.76 Å². The normalized spacial score (nSPS) is 16.6. The molecule has 1 aliphatic heterocycles. The van der Waals surface area contributed by atoms with Crippen molar-refractivity contribution in [1.82, 2.24) is 10.3 Å². The average Bonchev–Trinajstić information content (AvgIpc) is 2.92. The number of urea groups is 1. The van der Waals surface area contributed by atoms with E-state index in [9.17, 15) is 4.79 Å². The molecule has 128 valence electrons. The van der Waals surface area contributed by atoms with Gasteiger partial charge < -0.3 is 14.5 Å². The fourth-order valence-electron chi connectivity index (χ4n) is 3.04. The van der Waals surface area contributed by atoms with Crippen LogP contribution < -0.4 is 10.6 Å². The maximum atomic E-state index is 12.2. The van der Waals surface area contributed by atoms with Gasteiger partial charge >= 0.3 is 12.0 Å². The molecule has 0 unspecified atom stereocenters. The summed E-state index contributed by atoms with van der Waals surface area (Å²) in [5.41, 5.74) is 1.91. The van der Waals surface area contributed by atoms with Gasteiger partial charge in [-0.2, -0.15) is 4.98 Å². The van der Waals surface area contributed by atoms with Gasteiger partial charge in [-0.3, -0.25) is 5.32 Å². The van der Waals surface area contributed by atoms with Crippen molar-refractivity contribution in [3.63, 3.8) is 0 Å². The highest BCUT2D eigenvalue weighted by molar-refractivity contribution is 5.87. The van der Waals surface area contributed by atoms with Crippen LogP contribution >= 0.6 is 0 Å². The lowest BCUT2D eigenvalue weighted by Gasteiger charge is -2.37. The number of aryl methyl sites for hydroxylation is 2. The summed E-state index contributed by atoms with van der Waals surface area (Å²) in [4.78, 5) is 16.4. The van der Waals surface area contributed by atoms with Crippen molar-refractivity contribution in [2.75, 3.05) is 25.1 Å². The third-order valence-electron chi connectivity index (χ3n) is 4.67. The van der Waals surface area contributed by atoms with Gasteiger partial charge in [-0.25, -0.2) is 4.79 Å². The minimum absolute atomic E-state index is 0.0979. The summed E-state index contributed by atoms with van der Waals surface area (Å²) in [5.74, 6) is 0.704. The zero-order chi connectivity index (χ0) is 17.0. The van der Waals surface area contributed by atoms with E-state index in [-0.39, 0.29) is 17.5 Å². The number of nitrogens with zero attached hydrogens (tertiary/aromatic N) is 1. The van der Waals surface area contributed by atoms with Gasteiger partial charge in [-0.15, -0.1) is 0 Å². The van der Waals surface area contributed by atoms with Crippen molar-refractivity contribution >= 4 is 12.0 Å². The number of nitrogens with one attached hydrogen (secondary N) is 2. The minimum Gasteiger partial charge on any atom is -0.428 e. The first-order valence-corrected chi connectivity index (χ1v) is 8.21. The molecule has 0 spiro atoms. The summed E-state index contributed by atoms with van der Waals surface area (Å²) in [6, 6.07) is 10.2. The number of carbonyl (C=O) groups excluding carboxylic acids is 1. The first-order valence-electron chi connectivity index (χ1n) is 8.21. The molecule has 1 aromatic carbocycles. The number of benzene rings is 1. The van der Waals surface area contributed by atoms with Crippen LogP contribution in [0.4, 0.5) is 10.8 Å². The van der Waals surface area contributed by atoms with Gasteiger partial charge in [-0.1, -0.05) is 30.3 Å². The van der Waals surface area contributed by atoms with Crippen molar-refractivity contribution in [1.29, 1.82) is 0 Å². The van der Waals surface area contributed by atoms with Crippen LogP contribution in [0.5, 0.6) is 0 Å². The molecule has 3 rings (SSSR count). The maximum Gasteiger partial charge on any atom is 0.322 e. The highest BCUT2D eigenvalue weighted by Crippen LogP contribution is 2.34. The van der Waals surface area contributed by atoms with Crippen molar-refractivity contribution in [3.8, 4) is 0 Å². The summed E-state index contributed by atoms with van der Waals surface area (Å²) >= 11 is 0. The number of hydrogen-bond donors (Lipinski definition) is 2. The standard InChI is InChI=1S/C18H23N3O3/c1-13-14(2)24-17(20-13)21-16(22)19-12-18(8-10-23-11-9-18)15-6-4-3-5-7-15/h3-7H,8-12H2,1-2H3,(H2,19,20,21,22). The summed E-state index contributed by atoms with van der Waals surface area (Å²) in [6.45, 7) is 5.61. The Labute approximate surface area is 141 Å². The number of carbonyl (C=O) groups is 1. The van der Waals surface area contributed by atoms with E-state index in [1.807, 2.05) is 32.0 Å². The number of anilines is 1. The molecular weight excluding hydrogens is 306 g/mol. The van der Waals surface area contributed by atoms with E-state index in [4.69, 9.17) is 9.15 Å². The van der Waals surface area contributed by atoms with Crippen molar-refractivity contribution in [2.24, 2.45) is 0 Å². The maximum absolute atomic E-state index is 12.2. The molecule has 2 amide bonds. The average molecular weight is 329 g/mol. The van der Waals surface area contributed by atoms with E-state index >= 15 is 0 Å². The van der Waals surface area contributed by atoms with Gasteiger partial charge in [0.25, 0.3) is 0 Å². The second-order valence-electron chi connectivity index (χ2n) is 6.23. The van der Waals surface area contributed by atoms with Crippen molar-refractivity contribution < 1.29 is 13.9 Å². The first-order chi connectivity index (χ1) is 11.6. The quantitative estimate of drug-likeness (QED) is 0.903. The fourth-order valence-corrected chi connectivity index (χ4v) is 3.04. The lowest BCUT2D eigenvalue weighted by atomic mass is 9.74. The van der Waals surface area contributed by atoms with Gasteiger partial charge in [0, 0.05) is 25.2 Å². The van der Waals surface area contributed by atoms with Crippen LogP contribution in [0.1, 0.15) is 29.9 Å². The van der Waals surface area contributed by atoms with Crippen LogP contribution in [0, 0.1) is 13.8 Å². The Bertz CT molecular complexity index is 671. The van der Waals surface area contributed by atoms with Gasteiger partial charge in [-0.05, 0) is 32.3 Å². The van der Waals surface area contributed by atoms with E-state index in [0.717, 1.165) is 18.5 Å². The molecule has 0 radical (unpaired) electrons. The molecule has 0 atom stereocenters. The summed E-state index contributed by atoms with van der Waals surface area (Å²) in [6.07, 6.45) is 1.77. The number of amides is 2. The molecule has 6 nitrogen and oxygen atoms in total. The second kappa shape index (κ2) is 7.05. The lowest BCUT2D eigenvalue weighted by Crippen LogP contribution is -2.45. The Morgan fingerprint density at radius 2 is 1.92 bits per heavy atom. The molecule has 1 fully saturated rings. The van der Waals surface area contributed by atoms with Crippen LogP contribution in [0.25, 0.3) is 0 Å². The Kier molecular flexibility index (Phi) is 4.85. The Hall–Kier alpha value is -2.34. The predicted octanol–water partition coefficient (Wildman–Crippen LogP) is 3.16. The second-order valence-corrected chi connectivity index (χ2v) is 6.23. The molecule has 1 aromatic heterocycles. The van der Waals surface area contributed by atoms with E-state index in [2.05, 4.69) is 27.8 Å². The van der Waals surface area contributed by atoms with Crippen LogP contribution in [-0.2, 0) is 10.2 Å². The molecule has 2 aromatic rings. The van der Waals surface area contributed by atoms with Crippen LogP contribution in [0.2, 0.25) is 0 Å². The fraction of sp³-hybridized carbons (Fsp3) is 0.444. The largest absolute Gasteiger partial charge is 0.428 e. The van der Waals surface area contributed by atoms with Crippen LogP contribution in [-0.4, -0.2) is 30.8 Å². The van der Waals surface area contributed by atoms with Gasteiger partial charge in [0.15, 0.2) is 0 Å². The monoisotopic (exact) mass is 329 g/mol. The van der Waals surface area contributed by atoms with Crippen molar-refractivity contribution in [2.45, 2.75) is 32.1 Å². The van der Waals surface area contributed by atoms with E-state index in [1.165, 1.54) is 5.56 Å². The lowest BCUT2D eigenvalue weighted by molar-refractivity contribution is 0.0508. The third-order valence-corrected chi connectivity index (χ3v) is 4.67. The summed E-state index contributed by atoms with van der Waals surface area (Å²) < 4.78 is 10.9.